The molecular formula is CH4BaNaO2+. The predicted molar refractivity (Wildman–Crippen MR) is 13.6 cm³/mol. The maximum absolute atomic E-state index is 8.25. The fourth-order valence-corrected chi connectivity index (χ4v) is 0. The first kappa shape index (κ1) is 25.9. The summed E-state index contributed by atoms with van der Waals surface area (Å²) in [6.07, 6.45) is 0. The van der Waals surface area contributed by atoms with Gasteiger partial charge in [-0.05, 0) is 0 Å². The largest absolute Gasteiger partial charge is 2.00 e. The Labute approximate surface area is 94.0 Å². The molecular weight excluding hydrogens is 204 g/mol. The van der Waals surface area contributed by atoms with Gasteiger partial charge in [0, 0.05) is 0 Å². The molecule has 0 bridgehead atoms. The minimum absolute atomic E-state index is 0. The molecule has 0 aliphatic heterocycles. The average molecular weight is 208 g/mol. The summed E-state index contributed by atoms with van der Waals surface area (Å²) in [5, 5.41) is 8.25. The Morgan fingerprint density at radius 3 is 1.20 bits per heavy atom. The van der Waals surface area contributed by atoms with E-state index in [-0.39, 0.29) is 83.9 Å². The van der Waals surface area contributed by atoms with Crippen molar-refractivity contribution in [2.75, 3.05) is 7.11 Å². The van der Waals surface area contributed by atoms with Crippen LogP contribution < -0.4 is 34.7 Å². The third-order valence-electron chi connectivity index (χ3n) is 0. The molecule has 0 aliphatic rings. The maximum Gasteiger partial charge on any atom is 2.00 e. The SMILES string of the molecule is C[O-].[Ba+2].[Na+].[OH-]. The Morgan fingerprint density at radius 2 is 1.20 bits per heavy atom. The molecule has 4 heteroatoms. The van der Waals surface area contributed by atoms with Gasteiger partial charge in [-0.1, -0.05) is 0 Å². The van der Waals surface area contributed by atoms with E-state index in [1.807, 2.05) is 0 Å². The zero-order valence-electron chi connectivity index (χ0n) is 3.56. The van der Waals surface area contributed by atoms with E-state index < -0.39 is 0 Å². The predicted octanol–water partition coefficient (Wildman–Crippen LogP) is -4.58. The molecule has 0 radical (unpaired) electrons. The van der Waals surface area contributed by atoms with Crippen molar-refractivity contribution >= 4 is 48.9 Å². The number of rotatable bonds is 0. The fourth-order valence-electron chi connectivity index (χ4n) is 0. The molecule has 0 heterocycles. The first-order valence-electron chi connectivity index (χ1n) is 0.408. The second-order valence-electron chi connectivity index (χ2n) is 0. The van der Waals surface area contributed by atoms with Gasteiger partial charge in [-0.25, -0.2) is 0 Å². The molecule has 1 N–H and O–H groups in total. The molecule has 0 spiro atoms. The van der Waals surface area contributed by atoms with Crippen molar-refractivity contribution in [2.24, 2.45) is 0 Å². The normalized spacial score (nSPS) is 1.20. The van der Waals surface area contributed by atoms with E-state index in [0.717, 1.165) is 7.11 Å². The standard InChI is InChI=1S/CH3O.Ba.Na.H2O/c1-2;;;/h1H3;;;1H2/q-1;+2;+1;/p-1. The monoisotopic (exact) mass is 209 g/mol. The second-order valence-corrected chi connectivity index (χ2v) is 0. The van der Waals surface area contributed by atoms with Gasteiger partial charge in [0.15, 0.2) is 0 Å². The van der Waals surface area contributed by atoms with Gasteiger partial charge in [-0.3, -0.25) is 0 Å². The zero-order chi connectivity index (χ0) is 2.00. The smallest absolute Gasteiger partial charge is 0.870 e. The van der Waals surface area contributed by atoms with Gasteiger partial charge in [0.05, 0.1) is 0 Å². The van der Waals surface area contributed by atoms with Crippen LogP contribution in [-0.4, -0.2) is 61.5 Å². The van der Waals surface area contributed by atoms with Gasteiger partial charge in [-0.15, -0.1) is 0 Å². The van der Waals surface area contributed by atoms with Crippen molar-refractivity contribution < 1.29 is 40.1 Å². The molecule has 0 aromatic heterocycles. The van der Waals surface area contributed by atoms with Gasteiger partial charge in [0.1, 0.15) is 0 Å². The Hall–Kier alpha value is 2.49. The van der Waals surface area contributed by atoms with Crippen molar-refractivity contribution in [2.45, 2.75) is 0 Å². The molecule has 0 fully saturated rings. The summed E-state index contributed by atoms with van der Waals surface area (Å²) < 4.78 is 0. The maximum atomic E-state index is 8.25. The molecule has 0 atom stereocenters. The molecule has 22 valence electrons. The van der Waals surface area contributed by atoms with E-state index in [1.165, 1.54) is 0 Å². The first-order chi connectivity index (χ1) is 1.00. The van der Waals surface area contributed by atoms with Crippen molar-refractivity contribution in [1.29, 1.82) is 0 Å². The van der Waals surface area contributed by atoms with Crippen molar-refractivity contribution in [3.63, 3.8) is 0 Å². The van der Waals surface area contributed by atoms with Crippen LogP contribution in [0.1, 0.15) is 0 Å². The van der Waals surface area contributed by atoms with E-state index in [1.54, 1.807) is 0 Å². The fraction of sp³-hybridized carbons (Fsp3) is 1.00. The molecule has 0 saturated heterocycles. The van der Waals surface area contributed by atoms with Crippen LogP contribution in [0.3, 0.4) is 0 Å². The quantitative estimate of drug-likeness (QED) is 0.376. The van der Waals surface area contributed by atoms with Crippen LogP contribution in [0.5, 0.6) is 0 Å². The van der Waals surface area contributed by atoms with E-state index in [2.05, 4.69) is 0 Å². The summed E-state index contributed by atoms with van der Waals surface area (Å²) in [6, 6.07) is 0. The number of hydrogen-bond donors (Lipinski definition) is 0. The van der Waals surface area contributed by atoms with Crippen LogP contribution >= 0.6 is 0 Å². The van der Waals surface area contributed by atoms with Crippen LogP contribution in [0.15, 0.2) is 0 Å². The second kappa shape index (κ2) is 31.5. The van der Waals surface area contributed by atoms with Crippen LogP contribution in [0.2, 0.25) is 0 Å². The van der Waals surface area contributed by atoms with Crippen molar-refractivity contribution in [3.8, 4) is 0 Å². The Bertz CT molecular complexity index is 9.61. The van der Waals surface area contributed by atoms with E-state index >= 15 is 0 Å². The Kier molecular flexibility index (Phi) is 163. The summed E-state index contributed by atoms with van der Waals surface area (Å²) >= 11 is 0. The van der Waals surface area contributed by atoms with Crippen LogP contribution in [-0.2, 0) is 0 Å². The third kappa shape index (κ3) is 21.1. The van der Waals surface area contributed by atoms with Gasteiger partial charge >= 0.3 is 78.4 Å². The summed E-state index contributed by atoms with van der Waals surface area (Å²) in [6.45, 7) is 0. The molecule has 0 aromatic carbocycles. The van der Waals surface area contributed by atoms with Crippen LogP contribution in [0.4, 0.5) is 0 Å². The van der Waals surface area contributed by atoms with Crippen molar-refractivity contribution in [1.82, 2.24) is 0 Å². The number of hydrogen-bond acceptors (Lipinski definition) is 2. The third-order valence-corrected chi connectivity index (χ3v) is 0. The molecule has 0 amide bonds. The van der Waals surface area contributed by atoms with E-state index in [4.69, 9.17) is 5.11 Å². The Balaban J connectivity index is -0.00000000167. The van der Waals surface area contributed by atoms with E-state index in [0.29, 0.717) is 0 Å². The Morgan fingerprint density at radius 1 is 1.20 bits per heavy atom. The van der Waals surface area contributed by atoms with Gasteiger partial charge in [0.25, 0.3) is 0 Å². The summed E-state index contributed by atoms with van der Waals surface area (Å²) in [7, 11) is 0.750. The first-order valence-corrected chi connectivity index (χ1v) is 0.408. The van der Waals surface area contributed by atoms with Gasteiger partial charge in [-0.2, -0.15) is 7.11 Å². The molecule has 0 rings (SSSR count). The molecule has 0 saturated carbocycles. The summed E-state index contributed by atoms with van der Waals surface area (Å²) in [4.78, 5) is 0. The molecule has 0 unspecified atom stereocenters. The molecule has 0 aliphatic carbocycles. The van der Waals surface area contributed by atoms with Crippen LogP contribution in [0.25, 0.3) is 0 Å². The minimum atomic E-state index is 0. The average Bonchev–Trinajstić information content (AvgIpc) is 1.00. The molecule has 2 nitrogen and oxygen atoms in total. The van der Waals surface area contributed by atoms with E-state index in [9.17, 15) is 0 Å². The summed E-state index contributed by atoms with van der Waals surface area (Å²) in [5.41, 5.74) is 0. The minimum Gasteiger partial charge on any atom is -0.870 e. The molecule has 5 heavy (non-hydrogen) atoms. The van der Waals surface area contributed by atoms with Gasteiger partial charge in [0.2, 0.25) is 0 Å². The topological polar surface area (TPSA) is 53.1 Å². The zero-order valence-corrected chi connectivity index (χ0v) is 10.0. The van der Waals surface area contributed by atoms with Crippen LogP contribution in [0, 0.1) is 0 Å². The van der Waals surface area contributed by atoms with Crippen molar-refractivity contribution in [3.05, 3.63) is 0 Å². The summed E-state index contributed by atoms with van der Waals surface area (Å²) in [5.74, 6) is 0. The van der Waals surface area contributed by atoms with Gasteiger partial charge < -0.3 is 10.6 Å². The molecule has 0 aromatic rings.